The van der Waals surface area contributed by atoms with E-state index in [-0.39, 0.29) is 11.8 Å². The minimum absolute atomic E-state index is 0.0514. The molecule has 0 N–H and O–H groups in total. The highest BCUT2D eigenvalue weighted by Gasteiger charge is 2.25. The van der Waals surface area contributed by atoms with Gasteiger partial charge in [-0.25, -0.2) is 15.0 Å². The van der Waals surface area contributed by atoms with Crippen LogP contribution in [0.4, 0.5) is 0 Å². The SMILES string of the molecule is Cc1ccc2nc(C(=O)N3CCOC[C@H](Cc4ccncn4)C3)cn2c1. The summed E-state index contributed by atoms with van der Waals surface area (Å²) >= 11 is 0. The molecule has 134 valence electrons. The molecule has 7 nitrogen and oxygen atoms in total. The van der Waals surface area contributed by atoms with E-state index in [2.05, 4.69) is 15.0 Å². The van der Waals surface area contributed by atoms with Crippen molar-refractivity contribution in [1.82, 2.24) is 24.3 Å². The number of carbonyl (C=O) groups excluding carboxylic acids is 1. The average molecular weight is 351 g/mol. The minimum atomic E-state index is -0.0514. The summed E-state index contributed by atoms with van der Waals surface area (Å²) in [5.41, 5.74) is 3.34. The van der Waals surface area contributed by atoms with E-state index < -0.39 is 0 Å². The number of aryl methyl sites for hydroxylation is 1. The first-order valence-electron chi connectivity index (χ1n) is 8.76. The largest absolute Gasteiger partial charge is 0.379 e. The van der Waals surface area contributed by atoms with E-state index in [0.717, 1.165) is 23.3 Å². The number of rotatable bonds is 3. The first-order chi connectivity index (χ1) is 12.7. The van der Waals surface area contributed by atoms with E-state index in [0.29, 0.717) is 32.0 Å². The minimum Gasteiger partial charge on any atom is -0.379 e. The number of carbonyl (C=O) groups is 1. The van der Waals surface area contributed by atoms with Crippen LogP contribution in [0.25, 0.3) is 5.65 Å². The van der Waals surface area contributed by atoms with Gasteiger partial charge in [0.1, 0.15) is 17.7 Å². The summed E-state index contributed by atoms with van der Waals surface area (Å²) in [6.07, 6.45) is 7.82. The van der Waals surface area contributed by atoms with Crippen LogP contribution in [0.1, 0.15) is 21.7 Å². The van der Waals surface area contributed by atoms with Crippen molar-refractivity contribution in [3.8, 4) is 0 Å². The number of nitrogens with zero attached hydrogens (tertiary/aromatic N) is 5. The smallest absolute Gasteiger partial charge is 0.274 e. The molecule has 1 fully saturated rings. The second-order valence-corrected chi connectivity index (χ2v) is 6.70. The molecule has 3 aromatic heterocycles. The molecular formula is C19H21N5O2. The standard InChI is InChI=1S/C19H21N5O2/c1-14-2-3-18-22-17(11-24(18)9-14)19(25)23-6-7-26-12-15(10-23)8-16-4-5-20-13-21-16/h2-5,9,11,13,15H,6-8,10,12H2,1H3/t15-/m1/s1. The number of hydrogen-bond acceptors (Lipinski definition) is 5. The Morgan fingerprint density at radius 1 is 1.31 bits per heavy atom. The highest BCUT2D eigenvalue weighted by atomic mass is 16.5. The van der Waals surface area contributed by atoms with Gasteiger partial charge in [0.15, 0.2) is 0 Å². The summed E-state index contributed by atoms with van der Waals surface area (Å²) in [5, 5.41) is 0. The summed E-state index contributed by atoms with van der Waals surface area (Å²) in [6.45, 7) is 4.39. The van der Waals surface area contributed by atoms with Crippen LogP contribution in [0, 0.1) is 12.8 Å². The maximum absolute atomic E-state index is 13.0. The molecule has 7 heteroatoms. The van der Waals surface area contributed by atoms with Gasteiger partial charge in [-0.15, -0.1) is 0 Å². The van der Waals surface area contributed by atoms with Crippen LogP contribution in [0.5, 0.6) is 0 Å². The maximum Gasteiger partial charge on any atom is 0.274 e. The molecule has 1 saturated heterocycles. The van der Waals surface area contributed by atoms with Gasteiger partial charge in [0, 0.05) is 43.3 Å². The lowest BCUT2D eigenvalue weighted by molar-refractivity contribution is 0.0732. The fraction of sp³-hybridized carbons (Fsp3) is 0.368. The molecule has 0 spiro atoms. The Bertz CT molecular complexity index is 909. The molecule has 0 aliphatic carbocycles. The monoisotopic (exact) mass is 351 g/mol. The summed E-state index contributed by atoms with van der Waals surface area (Å²) in [5.74, 6) is 0.153. The summed E-state index contributed by atoms with van der Waals surface area (Å²) < 4.78 is 7.61. The van der Waals surface area contributed by atoms with Gasteiger partial charge in [0.25, 0.3) is 5.91 Å². The van der Waals surface area contributed by atoms with Gasteiger partial charge in [-0.05, 0) is 31.0 Å². The Balaban J connectivity index is 1.51. The van der Waals surface area contributed by atoms with Crippen molar-refractivity contribution in [2.75, 3.05) is 26.3 Å². The number of fused-ring (bicyclic) bond motifs is 1. The number of pyridine rings is 1. The number of ether oxygens (including phenoxy) is 1. The van der Waals surface area contributed by atoms with Crippen LogP contribution in [0.3, 0.4) is 0 Å². The number of amides is 1. The average Bonchev–Trinajstić information content (AvgIpc) is 2.93. The van der Waals surface area contributed by atoms with Gasteiger partial charge in [0.05, 0.1) is 13.2 Å². The summed E-state index contributed by atoms with van der Waals surface area (Å²) in [7, 11) is 0. The topological polar surface area (TPSA) is 72.6 Å². The molecule has 0 bridgehead atoms. The third-order valence-electron chi connectivity index (χ3n) is 4.58. The fourth-order valence-corrected chi connectivity index (χ4v) is 3.29. The molecule has 26 heavy (non-hydrogen) atoms. The van der Waals surface area contributed by atoms with Crippen LogP contribution in [0.15, 0.2) is 43.1 Å². The highest BCUT2D eigenvalue weighted by molar-refractivity contribution is 5.93. The quantitative estimate of drug-likeness (QED) is 0.719. The highest BCUT2D eigenvalue weighted by Crippen LogP contribution is 2.15. The van der Waals surface area contributed by atoms with Crippen LogP contribution in [0.2, 0.25) is 0 Å². The Labute approximate surface area is 151 Å². The third-order valence-corrected chi connectivity index (χ3v) is 4.58. The van der Waals surface area contributed by atoms with E-state index in [1.165, 1.54) is 0 Å². The van der Waals surface area contributed by atoms with Crippen molar-refractivity contribution in [1.29, 1.82) is 0 Å². The molecule has 1 aliphatic rings. The van der Waals surface area contributed by atoms with Crippen molar-refractivity contribution < 1.29 is 9.53 Å². The van der Waals surface area contributed by atoms with Gasteiger partial charge in [0.2, 0.25) is 0 Å². The molecule has 1 amide bonds. The zero-order valence-corrected chi connectivity index (χ0v) is 14.7. The molecular weight excluding hydrogens is 330 g/mol. The Hall–Kier alpha value is -2.80. The fourth-order valence-electron chi connectivity index (χ4n) is 3.29. The number of imidazole rings is 1. The van der Waals surface area contributed by atoms with Gasteiger partial charge in [-0.1, -0.05) is 6.07 Å². The predicted molar refractivity (Wildman–Crippen MR) is 95.9 cm³/mol. The molecule has 3 aromatic rings. The molecule has 4 heterocycles. The number of aromatic nitrogens is 4. The van der Waals surface area contributed by atoms with Crippen LogP contribution < -0.4 is 0 Å². The van der Waals surface area contributed by atoms with E-state index in [1.54, 1.807) is 18.7 Å². The van der Waals surface area contributed by atoms with Crippen molar-refractivity contribution in [2.45, 2.75) is 13.3 Å². The van der Waals surface area contributed by atoms with Crippen molar-refractivity contribution in [3.05, 3.63) is 60.1 Å². The lowest BCUT2D eigenvalue weighted by Crippen LogP contribution is -2.36. The summed E-state index contributed by atoms with van der Waals surface area (Å²) in [6, 6.07) is 5.82. The zero-order valence-electron chi connectivity index (χ0n) is 14.7. The first kappa shape index (κ1) is 16.7. The van der Waals surface area contributed by atoms with Crippen molar-refractivity contribution >= 4 is 11.6 Å². The van der Waals surface area contributed by atoms with Crippen molar-refractivity contribution in [3.63, 3.8) is 0 Å². The van der Waals surface area contributed by atoms with Gasteiger partial charge in [-0.3, -0.25) is 4.79 Å². The van der Waals surface area contributed by atoms with E-state index in [9.17, 15) is 4.79 Å². The Morgan fingerprint density at radius 2 is 2.23 bits per heavy atom. The normalized spacial score (nSPS) is 18.0. The van der Waals surface area contributed by atoms with Crippen molar-refractivity contribution in [2.24, 2.45) is 5.92 Å². The van der Waals surface area contributed by atoms with E-state index in [1.807, 2.05) is 40.6 Å². The molecule has 0 aromatic carbocycles. The molecule has 0 unspecified atom stereocenters. The zero-order chi connectivity index (χ0) is 17.9. The second-order valence-electron chi connectivity index (χ2n) is 6.70. The van der Waals surface area contributed by atoms with E-state index >= 15 is 0 Å². The first-order valence-corrected chi connectivity index (χ1v) is 8.76. The van der Waals surface area contributed by atoms with Crippen LogP contribution >= 0.6 is 0 Å². The number of hydrogen-bond donors (Lipinski definition) is 0. The Morgan fingerprint density at radius 3 is 3.08 bits per heavy atom. The molecule has 1 atom stereocenters. The molecule has 4 rings (SSSR count). The summed E-state index contributed by atoms with van der Waals surface area (Å²) in [4.78, 5) is 27.5. The van der Waals surface area contributed by atoms with Gasteiger partial charge < -0.3 is 14.0 Å². The maximum atomic E-state index is 13.0. The van der Waals surface area contributed by atoms with Gasteiger partial charge in [-0.2, -0.15) is 0 Å². The van der Waals surface area contributed by atoms with Gasteiger partial charge >= 0.3 is 0 Å². The molecule has 0 radical (unpaired) electrons. The van der Waals surface area contributed by atoms with E-state index in [4.69, 9.17) is 4.74 Å². The lowest BCUT2D eigenvalue weighted by atomic mass is 10.0. The van der Waals surface area contributed by atoms with Crippen LogP contribution in [-0.4, -0.2) is 56.5 Å². The predicted octanol–water partition coefficient (Wildman–Crippen LogP) is 1.76. The third kappa shape index (κ3) is 3.57. The van der Waals surface area contributed by atoms with Crippen LogP contribution in [-0.2, 0) is 11.2 Å². The second kappa shape index (κ2) is 7.21. The Kier molecular flexibility index (Phi) is 4.62. The molecule has 1 aliphatic heterocycles. The lowest BCUT2D eigenvalue weighted by Gasteiger charge is -2.22. The molecule has 0 saturated carbocycles.